The number of benzene rings is 4. The van der Waals surface area contributed by atoms with Crippen LogP contribution in [0.1, 0.15) is 109 Å². The number of hydrogen-bond donors (Lipinski definition) is 0. The molecule has 0 saturated heterocycles. The first kappa shape index (κ1) is 43.6. The number of halogens is 4. The van der Waals surface area contributed by atoms with Gasteiger partial charge in [-0.25, -0.2) is 6.08 Å². The summed E-state index contributed by atoms with van der Waals surface area (Å²) < 4.78 is 27.0. The summed E-state index contributed by atoms with van der Waals surface area (Å²) in [5, 5.41) is 5.57. The van der Waals surface area contributed by atoms with Gasteiger partial charge in [-0.1, -0.05) is 109 Å². The quantitative estimate of drug-likeness (QED) is 0.165. The Morgan fingerprint density at radius 2 is 1.19 bits per heavy atom. The number of allylic oxidation sites excluding steroid dienone is 8. The van der Waals surface area contributed by atoms with Gasteiger partial charge in [0.15, 0.2) is 0 Å². The molecule has 0 spiro atoms. The van der Waals surface area contributed by atoms with E-state index in [0.717, 1.165) is 38.6 Å². The Kier molecular flexibility index (Phi) is 13.4. The summed E-state index contributed by atoms with van der Waals surface area (Å²) >= 11 is 1.13. The van der Waals surface area contributed by atoms with Gasteiger partial charge in [0, 0.05) is 10.8 Å². The molecule has 3 aliphatic carbocycles. The molecule has 5 heteroatoms. The molecule has 0 radical (unpaired) electrons. The van der Waals surface area contributed by atoms with Gasteiger partial charge in [0.1, 0.15) is 0 Å². The fraction of sp³-hybridized carbons (Fsp3) is 0.306. The maximum Gasteiger partial charge on any atom is -1.00 e. The third kappa shape index (κ3) is 8.96. The van der Waals surface area contributed by atoms with E-state index in [-0.39, 0.29) is 47.3 Å². The molecule has 0 aromatic heterocycles. The molecule has 5 aromatic carbocycles. The molecule has 0 nitrogen and oxygen atoms in total. The first-order valence-electron chi connectivity index (χ1n) is 18.4. The molecular weight excluding hydrogens is 789 g/mol. The number of rotatable bonds is 3. The molecule has 0 fully saturated rings. The van der Waals surface area contributed by atoms with E-state index in [0.29, 0.717) is 11.3 Å². The minimum Gasteiger partial charge on any atom is -1.00 e. The average Bonchev–Trinajstić information content (AvgIpc) is 3.81. The van der Waals surface area contributed by atoms with Crippen molar-refractivity contribution in [3.05, 3.63) is 160 Å². The maximum absolute atomic E-state index is 13.0. The predicted octanol–water partition coefficient (Wildman–Crippen LogP) is 7.55. The van der Waals surface area contributed by atoms with Crippen LogP contribution in [-0.4, -0.2) is 3.21 Å². The Morgan fingerprint density at radius 1 is 0.741 bits per heavy atom. The summed E-state index contributed by atoms with van der Waals surface area (Å²) in [7, 11) is 0. The second-order valence-electron chi connectivity index (χ2n) is 16.8. The van der Waals surface area contributed by atoms with E-state index in [1.54, 1.807) is 12.1 Å². The zero-order valence-corrected chi connectivity index (χ0v) is 37.1. The molecule has 280 valence electrons. The largest absolute Gasteiger partial charge is 1.00 e. The third-order valence-electron chi connectivity index (χ3n) is 10.7. The average molecular weight is 839 g/mol. The Morgan fingerprint density at radius 3 is 1.54 bits per heavy atom. The van der Waals surface area contributed by atoms with E-state index in [4.69, 9.17) is 0 Å². The van der Waals surface area contributed by atoms with Crippen molar-refractivity contribution in [3.8, 4) is 0 Å². The van der Waals surface area contributed by atoms with E-state index in [1.807, 2.05) is 12.1 Å². The smallest absolute Gasteiger partial charge is 1.00 e. The zero-order chi connectivity index (χ0) is 37.7. The fourth-order valence-electron chi connectivity index (χ4n) is 7.88. The molecule has 54 heavy (non-hydrogen) atoms. The van der Waals surface area contributed by atoms with Gasteiger partial charge < -0.3 is 24.8 Å². The van der Waals surface area contributed by atoms with E-state index < -0.39 is 0 Å². The molecule has 0 heterocycles. The van der Waals surface area contributed by atoms with Gasteiger partial charge in [-0.05, 0) is 36.1 Å². The van der Waals surface area contributed by atoms with E-state index >= 15 is 0 Å². The van der Waals surface area contributed by atoms with Crippen molar-refractivity contribution in [3.63, 3.8) is 0 Å². The molecule has 0 amide bonds. The summed E-state index contributed by atoms with van der Waals surface area (Å²) in [6.07, 6.45) is 13.8. The standard InChI is InChI=1S/C25H25.C13H8F2.C11H17.2ClH.Zr/c1-14-12-24(3,4)22-8-16-7-17-9-23-19(15(2)13-25(23,5)6)11-21(17)20(16)10-18(14)22;14-12-5-1-3-10(8-12)7-11-4-2-6-13(15)9-11;1-5-9-6-7-10(8-9)11(2,3)4;;;/h7-13H,1-6H3;1-6,8-9H;7-9H,5H2,1-4H3;2*1H;/q-1;;-1;;;+2/p-2. The SMILES string of the molecule is CC1=CC(C)(C)c2cc3[cH-]c4cc5c(cc4c3cc21)C(C)=CC5(C)C.CCC1[C-]=CC(C(C)(C)C)=C1.Fc1cccc([C](=[Zr+2])c2cccc(F)c2)c1.[Cl-].[Cl-]. The Hall–Kier alpha value is -3.10. The van der Waals surface area contributed by atoms with Crippen molar-refractivity contribution in [1.82, 2.24) is 0 Å². The molecule has 1 atom stereocenters. The van der Waals surface area contributed by atoms with Crippen molar-refractivity contribution in [2.45, 2.75) is 86.5 Å². The van der Waals surface area contributed by atoms with Crippen molar-refractivity contribution >= 4 is 35.9 Å². The molecular formula is C49H50Cl2F2Zr-2. The van der Waals surface area contributed by atoms with Gasteiger partial charge in [0.25, 0.3) is 0 Å². The van der Waals surface area contributed by atoms with Crippen molar-refractivity contribution in [2.24, 2.45) is 11.3 Å². The minimum atomic E-state index is -0.270. The van der Waals surface area contributed by atoms with E-state index in [2.05, 4.69) is 130 Å². The van der Waals surface area contributed by atoms with Gasteiger partial charge in [-0.2, -0.15) is 11.6 Å². The van der Waals surface area contributed by atoms with Crippen LogP contribution in [0.2, 0.25) is 0 Å². The molecule has 1 unspecified atom stereocenters. The van der Waals surface area contributed by atoms with E-state index in [1.165, 1.54) is 91.2 Å². The van der Waals surface area contributed by atoms with Gasteiger partial charge in [0.2, 0.25) is 0 Å². The summed E-state index contributed by atoms with van der Waals surface area (Å²) in [4.78, 5) is 0. The zero-order valence-electron chi connectivity index (χ0n) is 33.1. The van der Waals surface area contributed by atoms with Crippen LogP contribution in [0.4, 0.5) is 8.78 Å². The molecule has 8 rings (SSSR count). The van der Waals surface area contributed by atoms with Gasteiger partial charge >= 0.3 is 108 Å². The number of hydrogen-bond acceptors (Lipinski definition) is 0. The Bertz CT molecular complexity index is 2200. The van der Waals surface area contributed by atoms with E-state index in [9.17, 15) is 8.78 Å². The van der Waals surface area contributed by atoms with Crippen molar-refractivity contribution < 1.29 is 57.8 Å². The number of fused-ring (bicyclic) bond motifs is 5. The van der Waals surface area contributed by atoms with Crippen LogP contribution in [-0.2, 0) is 35.1 Å². The molecule has 5 aromatic rings. The van der Waals surface area contributed by atoms with Crippen LogP contribution in [0.25, 0.3) is 32.7 Å². The predicted molar refractivity (Wildman–Crippen MR) is 216 cm³/mol. The second kappa shape index (κ2) is 16.6. The Balaban J connectivity index is 0.000000194. The molecule has 3 aliphatic rings. The van der Waals surface area contributed by atoms with Crippen LogP contribution in [0.3, 0.4) is 0 Å². The van der Waals surface area contributed by atoms with Crippen LogP contribution < -0.4 is 24.8 Å². The van der Waals surface area contributed by atoms with Gasteiger partial charge in [0.05, 0.1) is 0 Å². The Labute approximate surface area is 349 Å². The van der Waals surface area contributed by atoms with Crippen molar-refractivity contribution in [1.29, 1.82) is 0 Å². The maximum atomic E-state index is 13.0. The van der Waals surface area contributed by atoms with Crippen LogP contribution in [0.15, 0.2) is 109 Å². The monoisotopic (exact) mass is 836 g/mol. The van der Waals surface area contributed by atoms with Crippen LogP contribution in [0, 0.1) is 29.0 Å². The molecule has 0 aliphatic heterocycles. The third-order valence-corrected chi connectivity index (χ3v) is 12.2. The summed E-state index contributed by atoms with van der Waals surface area (Å²) in [6, 6.07) is 24.8. The molecule has 0 bridgehead atoms. The normalized spacial score (nSPS) is 17.1. The van der Waals surface area contributed by atoms with Crippen LogP contribution in [0.5, 0.6) is 0 Å². The topological polar surface area (TPSA) is 0 Å². The molecule has 0 N–H and O–H groups in total. The van der Waals surface area contributed by atoms with Crippen molar-refractivity contribution in [2.75, 3.05) is 0 Å². The second-order valence-corrected chi connectivity index (χ2v) is 18.0. The first-order chi connectivity index (χ1) is 24.4. The summed E-state index contributed by atoms with van der Waals surface area (Å²) in [6.45, 7) is 22.7. The van der Waals surface area contributed by atoms with Gasteiger partial charge in [-0.3, -0.25) is 6.08 Å². The summed E-state index contributed by atoms with van der Waals surface area (Å²) in [5.41, 5.74) is 12.3. The van der Waals surface area contributed by atoms with Gasteiger partial charge in [-0.15, -0.1) is 39.7 Å². The summed E-state index contributed by atoms with van der Waals surface area (Å²) in [5.74, 6) is 0.0341. The molecule has 0 saturated carbocycles. The van der Waals surface area contributed by atoms with Crippen LogP contribution >= 0.6 is 0 Å². The first-order valence-corrected chi connectivity index (χ1v) is 19.6. The fourth-order valence-corrected chi connectivity index (χ4v) is 8.65. The minimum absolute atomic E-state index is 0.